The Kier molecular flexibility index (Phi) is 4.73. The normalized spacial score (nSPS) is 23.5. The van der Waals surface area contributed by atoms with Crippen LogP contribution in [0.5, 0.6) is 0 Å². The number of nitrogens with zero attached hydrogens (tertiary/aromatic N) is 1. The van der Waals surface area contributed by atoms with Crippen molar-refractivity contribution in [3.05, 3.63) is 0 Å². The summed E-state index contributed by atoms with van der Waals surface area (Å²) in [5.74, 6) is -0.419. The maximum absolute atomic E-state index is 12.4. The van der Waals surface area contributed by atoms with Crippen LogP contribution in [0.3, 0.4) is 0 Å². The Morgan fingerprint density at radius 2 is 2.17 bits per heavy atom. The molecule has 0 radical (unpaired) electrons. The van der Waals surface area contributed by atoms with Crippen LogP contribution in [0.15, 0.2) is 0 Å². The van der Waals surface area contributed by atoms with Gasteiger partial charge in [0.15, 0.2) is 0 Å². The zero-order valence-corrected chi connectivity index (χ0v) is 11.7. The van der Waals surface area contributed by atoms with Gasteiger partial charge in [-0.3, -0.25) is 9.59 Å². The molecule has 1 saturated heterocycles. The Balaban J connectivity index is 2.71. The summed E-state index contributed by atoms with van der Waals surface area (Å²) in [6, 6.07) is -0.354. The highest BCUT2D eigenvalue weighted by Gasteiger charge is 2.39. The van der Waals surface area contributed by atoms with E-state index < -0.39 is 5.97 Å². The highest BCUT2D eigenvalue weighted by molar-refractivity contribution is 5.84. The third-order valence-corrected chi connectivity index (χ3v) is 3.27. The summed E-state index contributed by atoms with van der Waals surface area (Å²) in [5.41, 5.74) is -0.207. The smallest absolute Gasteiger partial charge is 0.303 e. The van der Waals surface area contributed by atoms with Crippen LogP contribution < -0.4 is 5.32 Å². The van der Waals surface area contributed by atoms with Crippen molar-refractivity contribution < 1.29 is 14.7 Å². The average molecular weight is 256 g/mol. The van der Waals surface area contributed by atoms with Crippen molar-refractivity contribution in [1.29, 1.82) is 0 Å². The molecule has 0 bridgehead atoms. The summed E-state index contributed by atoms with van der Waals surface area (Å²) < 4.78 is 0. The third-order valence-electron chi connectivity index (χ3n) is 3.27. The molecule has 1 amide bonds. The lowest BCUT2D eigenvalue weighted by Crippen LogP contribution is -2.65. The minimum atomic E-state index is -0.857. The Morgan fingerprint density at radius 1 is 1.56 bits per heavy atom. The van der Waals surface area contributed by atoms with E-state index >= 15 is 0 Å². The van der Waals surface area contributed by atoms with Gasteiger partial charge in [0.2, 0.25) is 5.91 Å². The summed E-state index contributed by atoms with van der Waals surface area (Å²) in [6.45, 7) is 9.66. The van der Waals surface area contributed by atoms with Gasteiger partial charge in [-0.25, -0.2) is 0 Å². The summed E-state index contributed by atoms with van der Waals surface area (Å²) in [7, 11) is 0. The summed E-state index contributed by atoms with van der Waals surface area (Å²) in [6.07, 6.45) is 0.387. The van der Waals surface area contributed by atoms with Crippen LogP contribution in [-0.2, 0) is 9.59 Å². The molecule has 1 atom stereocenters. The van der Waals surface area contributed by atoms with Gasteiger partial charge in [0.25, 0.3) is 0 Å². The van der Waals surface area contributed by atoms with Gasteiger partial charge in [0.05, 0.1) is 6.04 Å². The van der Waals surface area contributed by atoms with Crippen LogP contribution in [0.1, 0.15) is 40.5 Å². The monoisotopic (exact) mass is 256 g/mol. The lowest BCUT2D eigenvalue weighted by Gasteiger charge is -2.46. The van der Waals surface area contributed by atoms with Gasteiger partial charge in [0, 0.05) is 25.0 Å². The van der Waals surface area contributed by atoms with Crippen LogP contribution in [0, 0.1) is 5.92 Å². The molecule has 0 aromatic heterocycles. The van der Waals surface area contributed by atoms with Crippen molar-refractivity contribution >= 4 is 11.9 Å². The lowest BCUT2D eigenvalue weighted by atomic mass is 9.94. The predicted molar refractivity (Wildman–Crippen MR) is 69.3 cm³/mol. The van der Waals surface area contributed by atoms with Gasteiger partial charge >= 0.3 is 5.97 Å². The average Bonchev–Trinajstić information content (AvgIpc) is 2.22. The van der Waals surface area contributed by atoms with E-state index in [0.29, 0.717) is 18.9 Å². The molecule has 1 fully saturated rings. The minimum Gasteiger partial charge on any atom is -0.481 e. The first-order chi connectivity index (χ1) is 8.24. The van der Waals surface area contributed by atoms with E-state index in [-0.39, 0.29) is 23.9 Å². The molecule has 0 aromatic carbocycles. The Labute approximate surface area is 109 Å². The standard InChI is InChI=1S/C13H24N2O3/c1-9(2)7-15-12(18)10(5-6-11(16)17)14-8-13(15,3)4/h9-10,14H,5-8H2,1-4H3,(H,16,17). The van der Waals surface area contributed by atoms with Crippen LogP contribution >= 0.6 is 0 Å². The van der Waals surface area contributed by atoms with Gasteiger partial charge in [-0.2, -0.15) is 0 Å². The SMILES string of the molecule is CC(C)CN1C(=O)C(CCC(=O)O)NCC1(C)C. The fraction of sp³-hybridized carbons (Fsp3) is 0.846. The Bertz CT molecular complexity index is 326. The molecule has 0 saturated carbocycles. The van der Waals surface area contributed by atoms with Gasteiger partial charge in [-0.05, 0) is 26.2 Å². The Morgan fingerprint density at radius 3 is 2.67 bits per heavy atom. The second kappa shape index (κ2) is 5.69. The van der Waals surface area contributed by atoms with Crippen molar-refractivity contribution in [2.75, 3.05) is 13.1 Å². The molecule has 0 spiro atoms. The van der Waals surface area contributed by atoms with E-state index in [1.165, 1.54) is 0 Å². The third kappa shape index (κ3) is 3.70. The molecule has 18 heavy (non-hydrogen) atoms. The van der Waals surface area contributed by atoms with Gasteiger partial charge in [0.1, 0.15) is 0 Å². The number of rotatable bonds is 5. The van der Waals surface area contributed by atoms with Crippen LogP contribution in [0.25, 0.3) is 0 Å². The number of hydrogen-bond donors (Lipinski definition) is 2. The second-order valence-corrected chi connectivity index (χ2v) is 6.02. The van der Waals surface area contributed by atoms with Gasteiger partial charge < -0.3 is 15.3 Å². The molecule has 1 unspecified atom stereocenters. The first-order valence-electron chi connectivity index (χ1n) is 6.50. The molecular formula is C13H24N2O3. The van der Waals surface area contributed by atoms with Crippen molar-refractivity contribution in [1.82, 2.24) is 10.2 Å². The number of carboxylic acid groups (broad SMARTS) is 1. The molecule has 1 aliphatic rings. The van der Waals surface area contributed by atoms with E-state index in [4.69, 9.17) is 5.11 Å². The lowest BCUT2D eigenvalue weighted by molar-refractivity contribution is -0.144. The number of aliphatic carboxylic acids is 1. The van der Waals surface area contributed by atoms with Crippen molar-refractivity contribution in [2.45, 2.75) is 52.1 Å². The number of hydrogen-bond acceptors (Lipinski definition) is 3. The molecule has 0 aliphatic carbocycles. The molecule has 1 rings (SSSR count). The molecule has 2 N–H and O–H groups in total. The number of carboxylic acids is 1. The van der Waals surface area contributed by atoms with Crippen molar-refractivity contribution in [3.8, 4) is 0 Å². The van der Waals surface area contributed by atoms with E-state index in [1.54, 1.807) is 0 Å². The van der Waals surface area contributed by atoms with E-state index in [2.05, 4.69) is 19.2 Å². The number of piperazine rings is 1. The number of nitrogens with one attached hydrogen (secondary N) is 1. The molecular weight excluding hydrogens is 232 g/mol. The molecule has 1 aliphatic heterocycles. The number of amides is 1. The van der Waals surface area contributed by atoms with Gasteiger partial charge in [-0.15, -0.1) is 0 Å². The summed E-state index contributed by atoms with van der Waals surface area (Å²) >= 11 is 0. The minimum absolute atomic E-state index is 0.0271. The second-order valence-electron chi connectivity index (χ2n) is 6.02. The van der Waals surface area contributed by atoms with E-state index in [9.17, 15) is 9.59 Å². The van der Waals surface area contributed by atoms with Crippen molar-refractivity contribution in [2.24, 2.45) is 5.92 Å². The summed E-state index contributed by atoms with van der Waals surface area (Å²) in [4.78, 5) is 24.8. The molecule has 1 heterocycles. The van der Waals surface area contributed by atoms with Crippen LogP contribution in [-0.4, -0.2) is 46.6 Å². The largest absolute Gasteiger partial charge is 0.481 e. The predicted octanol–water partition coefficient (Wildman–Crippen LogP) is 1.09. The van der Waals surface area contributed by atoms with E-state index in [1.807, 2.05) is 18.7 Å². The maximum atomic E-state index is 12.4. The Hall–Kier alpha value is -1.10. The van der Waals surface area contributed by atoms with Gasteiger partial charge in [-0.1, -0.05) is 13.8 Å². The van der Waals surface area contributed by atoms with Crippen LogP contribution in [0.4, 0.5) is 0 Å². The fourth-order valence-electron chi connectivity index (χ4n) is 2.24. The van der Waals surface area contributed by atoms with Crippen LogP contribution in [0.2, 0.25) is 0 Å². The molecule has 5 heteroatoms. The molecule has 104 valence electrons. The van der Waals surface area contributed by atoms with Crippen molar-refractivity contribution in [3.63, 3.8) is 0 Å². The molecule has 5 nitrogen and oxygen atoms in total. The summed E-state index contributed by atoms with van der Waals surface area (Å²) in [5, 5.41) is 11.9. The topological polar surface area (TPSA) is 69.6 Å². The number of carbonyl (C=O) groups excluding carboxylic acids is 1. The fourth-order valence-corrected chi connectivity index (χ4v) is 2.24. The maximum Gasteiger partial charge on any atom is 0.303 e. The number of carbonyl (C=O) groups is 2. The first kappa shape index (κ1) is 15.0. The van der Waals surface area contributed by atoms with E-state index in [0.717, 1.165) is 6.54 Å². The zero-order valence-electron chi connectivity index (χ0n) is 11.7. The quantitative estimate of drug-likeness (QED) is 0.772. The molecule has 0 aromatic rings. The highest BCUT2D eigenvalue weighted by atomic mass is 16.4. The highest BCUT2D eigenvalue weighted by Crippen LogP contribution is 2.22. The zero-order chi connectivity index (χ0) is 13.9. The first-order valence-corrected chi connectivity index (χ1v) is 6.50.